The Morgan fingerprint density at radius 2 is 1.76 bits per heavy atom. The van der Waals surface area contributed by atoms with E-state index in [9.17, 15) is 9.59 Å². The highest BCUT2D eigenvalue weighted by atomic mass is 16.4. The molecule has 0 saturated carbocycles. The van der Waals surface area contributed by atoms with Crippen LogP contribution < -0.4 is 10.6 Å². The number of carbonyl (C=O) groups is 2. The molecule has 0 heterocycles. The minimum atomic E-state index is -0.944. The monoisotopic (exact) mass is 246 g/mol. The number of hydrogen-bond acceptors (Lipinski definition) is 3. The number of aliphatic carboxylic acids is 1. The highest BCUT2D eigenvalue weighted by Gasteiger charge is 2.18. The Morgan fingerprint density at radius 1 is 1.24 bits per heavy atom. The van der Waals surface area contributed by atoms with Crippen LogP contribution in [0.5, 0.6) is 0 Å². The van der Waals surface area contributed by atoms with Crippen LogP contribution in [0.1, 0.15) is 47.5 Å². The van der Waals surface area contributed by atoms with Gasteiger partial charge in [-0.05, 0) is 6.42 Å². The number of carbonyl (C=O) groups excluding carboxylic acids is 1. The zero-order valence-corrected chi connectivity index (χ0v) is 11.5. The molecule has 0 saturated heterocycles. The first kappa shape index (κ1) is 18.3. The molecule has 0 bridgehead atoms. The van der Waals surface area contributed by atoms with Crippen LogP contribution in [0.2, 0.25) is 0 Å². The fourth-order valence-corrected chi connectivity index (χ4v) is 1.15. The Labute approximate surface area is 104 Å². The summed E-state index contributed by atoms with van der Waals surface area (Å²) in [6.45, 7) is 9.76. The summed E-state index contributed by atoms with van der Waals surface area (Å²) in [4.78, 5) is 21.9. The lowest BCUT2D eigenvalue weighted by Crippen LogP contribution is -2.48. The third-order valence-electron chi connectivity index (χ3n) is 1.81. The van der Waals surface area contributed by atoms with Crippen molar-refractivity contribution in [2.75, 3.05) is 6.54 Å². The van der Waals surface area contributed by atoms with Crippen LogP contribution >= 0.6 is 0 Å². The van der Waals surface area contributed by atoms with Crippen molar-refractivity contribution in [3.8, 4) is 0 Å². The summed E-state index contributed by atoms with van der Waals surface area (Å²) in [5.74, 6) is -1.05. The normalized spacial score (nSPS) is 11.4. The number of carboxylic acids is 1. The quantitative estimate of drug-likeness (QED) is 0.634. The maximum absolute atomic E-state index is 11.1. The van der Waals surface area contributed by atoms with E-state index in [0.29, 0.717) is 6.42 Å². The molecule has 0 radical (unpaired) electrons. The van der Waals surface area contributed by atoms with E-state index in [0.717, 1.165) is 6.42 Å². The Bertz CT molecular complexity index is 218. The molecule has 0 fully saturated rings. The summed E-state index contributed by atoms with van der Waals surface area (Å²) < 4.78 is 0. The van der Waals surface area contributed by atoms with Gasteiger partial charge in [0.25, 0.3) is 0 Å². The summed E-state index contributed by atoms with van der Waals surface area (Å²) in [5, 5.41) is 14.3. The van der Waals surface area contributed by atoms with Gasteiger partial charge in [-0.3, -0.25) is 9.59 Å². The van der Waals surface area contributed by atoms with E-state index in [1.807, 2.05) is 34.6 Å². The van der Waals surface area contributed by atoms with Crippen molar-refractivity contribution in [2.24, 2.45) is 0 Å². The molecule has 0 rings (SSSR count). The molecule has 3 N–H and O–H groups in total. The zero-order chi connectivity index (χ0) is 13.8. The molecular formula is C12H26N2O3. The SMILES string of the molecule is CC.CCCC(=O)NCC(NC(C)C)C(=O)O. The second kappa shape index (κ2) is 11.4. The summed E-state index contributed by atoms with van der Waals surface area (Å²) in [6, 6.07) is -0.639. The molecule has 5 heteroatoms. The van der Waals surface area contributed by atoms with E-state index in [1.54, 1.807) is 0 Å². The molecule has 102 valence electrons. The molecule has 1 amide bonds. The molecule has 0 aromatic carbocycles. The topological polar surface area (TPSA) is 78.4 Å². The van der Waals surface area contributed by atoms with Gasteiger partial charge in [0, 0.05) is 19.0 Å². The fourth-order valence-electron chi connectivity index (χ4n) is 1.15. The lowest BCUT2D eigenvalue weighted by molar-refractivity contribution is -0.139. The molecule has 0 aliphatic rings. The van der Waals surface area contributed by atoms with Crippen molar-refractivity contribution in [1.29, 1.82) is 0 Å². The van der Waals surface area contributed by atoms with Gasteiger partial charge in [0.05, 0.1) is 0 Å². The molecule has 0 aromatic rings. The molecule has 0 aromatic heterocycles. The minimum Gasteiger partial charge on any atom is -0.480 e. The van der Waals surface area contributed by atoms with E-state index in [1.165, 1.54) is 0 Å². The van der Waals surface area contributed by atoms with Gasteiger partial charge in [-0.1, -0.05) is 34.6 Å². The van der Waals surface area contributed by atoms with Crippen LogP contribution in [0.3, 0.4) is 0 Å². The van der Waals surface area contributed by atoms with Gasteiger partial charge in [0.15, 0.2) is 0 Å². The van der Waals surface area contributed by atoms with Gasteiger partial charge >= 0.3 is 5.97 Å². The van der Waals surface area contributed by atoms with Crippen molar-refractivity contribution < 1.29 is 14.7 Å². The molecular weight excluding hydrogens is 220 g/mol. The van der Waals surface area contributed by atoms with Crippen molar-refractivity contribution in [2.45, 2.75) is 59.5 Å². The van der Waals surface area contributed by atoms with Crippen LogP contribution in [-0.4, -0.2) is 35.6 Å². The van der Waals surface area contributed by atoms with Crippen molar-refractivity contribution in [1.82, 2.24) is 10.6 Å². The van der Waals surface area contributed by atoms with Crippen molar-refractivity contribution in [3.05, 3.63) is 0 Å². The predicted octanol–water partition coefficient (Wildman–Crippen LogP) is 1.38. The third kappa shape index (κ3) is 11.2. The van der Waals surface area contributed by atoms with E-state index in [-0.39, 0.29) is 18.5 Å². The second-order valence-corrected chi connectivity index (χ2v) is 3.77. The third-order valence-corrected chi connectivity index (χ3v) is 1.81. The predicted molar refractivity (Wildman–Crippen MR) is 69.0 cm³/mol. The molecule has 0 aliphatic heterocycles. The summed E-state index contributed by atoms with van der Waals surface area (Å²) in [6.07, 6.45) is 1.20. The smallest absolute Gasteiger partial charge is 0.322 e. The fraction of sp³-hybridized carbons (Fsp3) is 0.833. The highest BCUT2D eigenvalue weighted by Crippen LogP contribution is 1.89. The van der Waals surface area contributed by atoms with E-state index >= 15 is 0 Å². The Morgan fingerprint density at radius 3 is 2.12 bits per heavy atom. The summed E-state index contributed by atoms with van der Waals surface area (Å²) in [5.41, 5.74) is 0. The lowest BCUT2D eigenvalue weighted by atomic mass is 10.2. The largest absolute Gasteiger partial charge is 0.480 e. The van der Waals surface area contributed by atoms with Gasteiger partial charge in [0.2, 0.25) is 5.91 Å². The van der Waals surface area contributed by atoms with E-state index in [4.69, 9.17) is 5.11 Å². The zero-order valence-electron chi connectivity index (χ0n) is 11.5. The molecule has 0 spiro atoms. The van der Waals surface area contributed by atoms with Crippen LogP contribution in [0.4, 0.5) is 0 Å². The maximum atomic E-state index is 11.1. The number of rotatable bonds is 7. The van der Waals surface area contributed by atoms with Gasteiger partial charge in [-0.25, -0.2) is 0 Å². The molecule has 0 aliphatic carbocycles. The number of hydrogen-bond donors (Lipinski definition) is 3. The lowest BCUT2D eigenvalue weighted by Gasteiger charge is -2.17. The van der Waals surface area contributed by atoms with Crippen LogP contribution in [0, 0.1) is 0 Å². The summed E-state index contributed by atoms with van der Waals surface area (Å²) >= 11 is 0. The Balaban J connectivity index is 0. The highest BCUT2D eigenvalue weighted by molar-refractivity contribution is 5.78. The number of nitrogens with one attached hydrogen (secondary N) is 2. The maximum Gasteiger partial charge on any atom is 0.322 e. The average Bonchev–Trinajstić information content (AvgIpc) is 2.26. The Kier molecular flexibility index (Phi) is 12.2. The van der Waals surface area contributed by atoms with Crippen LogP contribution in [-0.2, 0) is 9.59 Å². The van der Waals surface area contributed by atoms with Crippen LogP contribution in [0.25, 0.3) is 0 Å². The van der Waals surface area contributed by atoms with Gasteiger partial charge in [-0.2, -0.15) is 0 Å². The minimum absolute atomic E-state index is 0.0779. The first-order valence-corrected chi connectivity index (χ1v) is 6.23. The first-order chi connectivity index (χ1) is 7.97. The van der Waals surface area contributed by atoms with Crippen molar-refractivity contribution >= 4 is 11.9 Å². The van der Waals surface area contributed by atoms with Crippen molar-refractivity contribution in [3.63, 3.8) is 0 Å². The number of carboxylic acid groups (broad SMARTS) is 1. The van der Waals surface area contributed by atoms with E-state index in [2.05, 4.69) is 10.6 Å². The van der Waals surface area contributed by atoms with Gasteiger partial charge in [-0.15, -0.1) is 0 Å². The second-order valence-electron chi connectivity index (χ2n) is 3.77. The van der Waals surface area contributed by atoms with Gasteiger partial charge < -0.3 is 15.7 Å². The van der Waals surface area contributed by atoms with Crippen LogP contribution in [0.15, 0.2) is 0 Å². The van der Waals surface area contributed by atoms with Gasteiger partial charge in [0.1, 0.15) is 6.04 Å². The molecule has 1 unspecified atom stereocenters. The average molecular weight is 246 g/mol. The standard InChI is InChI=1S/C10H20N2O3.C2H6/c1-4-5-9(13)11-6-8(10(14)15)12-7(2)3;1-2/h7-8,12H,4-6H2,1-3H3,(H,11,13)(H,14,15);1-2H3. The summed E-state index contributed by atoms with van der Waals surface area (Å²) in [7, 11) is 0. The molecule has 17 heavy (non-hydrogen) atoms. The molecule has 1 atom stereocenters. The Hall–Kier alpha value is -1.10. The molecule has 5 nitrogen and oxygen atoms in total. The van der Waals surface area contributed by atoms with E-state index < -0.39 is 12.0 Å². The number of amides is 1. The first-order valence-electron chi connectivity index (χ1n) is 6.23.